The first-order chi connectivity index (χ1) is 7.60. The van der Waals surface area contributed by atoms with Crippen LogP contribution in [-0.4, -0.2) is 17.8 Å². The number of benzene rings is 1. The van der Waals surface area contributed by atoms with Crippen LogP contribution < -0.4 is 5.73 Å². The standard InChI is InChI=1S/C12H17Cl2NO/c1-2-12(15)9(5-6-16)10-7-8(13)3-4-11(10)14/h3-4,7,9,12,16H,2,5-6,15H2,1H3. The molecule has 0 heterocycles. The number of hydrogen-bond acceptors (Lipinski definition) is 2. The molecule has 2 nitrogen and oxygen atoms in total. The van der Waals surface area contributed by atoms with Gasteiger partial charge >= 0.3 is 0 Å². The third-order valence-corrected chi connectivity index (χ3v) is 3.37. The second-order valence-electron chi connectivity index (χ2n) is 3.86. The molecule has 0 aliphatic rings. The maximum atomic E-state index is 9.07. The Morgan fingerprint density at radius 2 is 2.06 bits per heavy atom. The molecule has 90 valence electrons. The average molecular weight is 262 g/mol. The zero-order valence-corrected chi connectivity index (χ0v) is 10.8. The highest BCUT2D eigenvalue weighted by Crippen LogP contribution is 2.32. The van der Waals surface area contributed by atoms with Gasteiger partial charge in [-0.15, -0.1) is 0 Å². The molecule has 2 unspecified atom stereocenters. The summed E-state index contributed by atoms with van der Waals surface area (Å²) in [6, 6.07) is 5.34. The average Bonchev–Trinajstić information content (AvgIpc) is 2.28. The van der Waals surface area contributed by atoms with Gasteiger partial charge in [-0.1, -0.05) is 30.1 Å². The van der Waals surface area contributed by atoms with E-state index in [1.165, 1.54) is 0 Å². The van der Waals surface area contributed by atoms with Crippen molar-refractivity contribution in [2.24, 2.45) is 5.73 Å². The lowest BCUT2D eigenvalue weighted by Crippen LogP contribution is -2.28. The van der Waals surface area contributed by atoms with Crippen molar-refractivity contribution < 1.29 is 5.11 Å². The molecular weight excluding hydrogens is 245 g/mol. The molecule has 0 radical (unpaired) electrons. The topological polar surface area (TPSA) is 46.2 Å². The molecule has 3 N–H and O–H groups in total. The normalized spacial score (nSPS) is 14.8. The molecule has 0 aliphatic carbocycles. The largest absolute Gasteiger partial charge is 0.396 e. The Balaban J connectivity index is 3.04. The fourth-order valence-electron chi connectivity index (χ4n) is 1.82. The van der Waals surface area contributed by atoms with Crippen LogP contribution >= 0.6 is 23.2 Å². The second kappa shape index (κ2) is 6.45. The summed E-state index contributed by atoms with van der Waals surface area (Å²) in [4.78, 5) is 0. The molecule has 0 fully saturated rings. The quantitative estimate of drug-likeness (QED) is 0.855. The Kier molecular flexibility index (Phi) is 5.56. The van der Waals surface area contributed by atoms with Crippen molar-refractivity contribution >= 4 is 23.2 Å². The molecule has 0 bridgehead atoms. The van der Waals surface area contributed by atoms with E-state index in [1.54, 1.807) is 12.1 Å². The van der Waals surface area contributed by atoms with Crippen molar-refractivity contribution in [1.82, 2.24) is 0 Å². The molecule has 1 aromatic carbocycles. The first kappa shape index (κ1) is 13.8. The van der Waals surface area contributed by atoms with Crippen molar-refractivity contribution in [2.75, 3.05) is 6.61 Å². The molecule has 0 saturated carbocycles. The molecule has 0 amide bonds. The Labute approximate surface area is 106 Å². The van der Waals surface area contributed by atoms with Crippen molar-refractivity contribution in [3.05, 3.63) is 33.8 Å². The zero-order valence-electron chi connectivity index (χ0n) is 9.29. The van der Waals surface area contributed by atoms with Crippen molar-refractivity contribution in [3.63, 3.8) is 0 Å². The van der Waals surface area contributed by atoms with Gasteiger partial charge in [0.2, 0.25) is 0 Å². The van der Waals surface area contributed by atoms with Gasteiger partial charge in [0, 0.05) is 28.6 Å². The van der Waals surface area contributed by atoms with Crippen LogP contribution in [0.2, 0.25) is 10.0 Å². The highest BCUT2D eigenvalue weighted by Gasteiger charge is 2.20. The van der Waals surface area contributed by atoms with E-state index in [1.807, 2.05) is 13.0 Å². The van der Waals surface area contributed by atoms with Crippen LogP contribution in [0.3, 0.4) is 0 Å². The van der Waals surface area contributed by atoms with Crippen LogP contribution in [-0.2, 0) is 0 Å². The minimum absolute atomic E-state index is 0.0110. The number of hydrogen-bond donors (Lipinski definition) is 2. The molecule has 0 spiro atoms. The molecule has 1 rings (SSSR count). The summed E-state index contributed by atoms with van der Waals surface area (Å²) in [6.07, 6.45) is 1.45. The summed E-state index contributed by atoms with van der Waals surface area (Å²) in [5.41, 5.74) is 6.97. The summed E-state index contributed by atoms with van der Waals surface area (Å²) in [5, 5.41) is 10.4. The van der Waals surface area contributed by atoms with Gasteiger partial charge in [-0.2, -0.15) is 0 Å². The Bertz CT molecular complexity index is 344. The summed E-state index contributed by atoms with van der Waals surface area (Å²) < 4.78 is 0. The molecule has 2 atom stereocenters. The van der Waals surface area contributed by atoms with E-state index in [0.29, 0.717) is 16.5 Å². The third kappa shape index (κ3) is 3.36. The lowest BCUT2D eigenvalue weighted by molar-refractivity contribution is 0.266. The Hall–Kier alpha value is -0.280. The van der Waals surface area contributed by atoms with E-state index in [2.05, 4.69) is 0 Å². The minimum Gasteiger partial charge on any atom is -0.396 e. The van der Waals surface area contributed by atoms with E-state index >= 15 is 0 Å². The highest BCUT2D eigenvalue weighted by atomic mass is 35.5. The van der Waals surface area contributed by atoms with Crippen LogP contribution in [0.4, 0.5) is 0 Å². The van der Waals surface area contributed by atoms with Gasteiger partial charge in [0.1, 0.15) is 0 Å². The molecule has 16 heavy (non-hydrogen) atoms. The predicted octanol–water partition coefficient (Wildman–Crippen LogP) is 3.20. The van der Waals surface area contributed by atoms with E-state index < -0.39 is 0 Å². The monoisotopic (exact) mass is 261 g/mol. The second-order valence-corrected chi connectivity index (χ2v) is 4.70. The number of aliphatic hydroxyl groups is 1. The molecule has 0 aromatic heterocycles. The molecule has 0 saturated heterocycles. The number of aliphatic hydroxyl groups excluding tert-OH is 1. The van der Waals surface area contributed by atoms with Crippen LogP contribution in [0.5, 0.6) is 0 Å². The van der Waals surface area contributed by atoms with E-state index in [0.717, 1.165) is 12.0 Å². The lowest BCUT2D eigenvalue weighted by Gasteiger charge is -2.23. The summed E-state index contributed by atoms with van der Waals surface area (Å²) in [7, 11) is 0. The number of nitrogens with two attached hydrogens (primary N) is 1. The maximum Gasteiger partial charge on any atom is 0.0442 e. The van der Waals surface area contributed by atoms with Gasteiger partial charge in [-0.3, -0.25) is 0 Å². The fraction of sp³-hybridized carbons (Fsp3) is 0.500. The van der Waals surface area contributed by atoms with Crippen molar-refractivity contribution in [2.45, 2.75) is 31.7 Å². The number of halogens is 2. The Morgan fingerprint density at radius 3 is 2.62 bits per heavy atom. The number of rotatable bonds is 5. The first-order valence-electron chi connectivity index (χ1n) is 5.41. The predicted molar refractivity (Wildman–Crippen MR) is 69.2 cm³/mol. The van der Waals surface area contributed by atoms with Gasteiger partial charge < -0.3 is 10.8 Å². The van der Waals surface area contributed by atoms with E-state index in [4.69, 9.17) is 34.0 Å². The van der Waals surface area contributed by atoms with Gasteiger partial charge in [0.05, 0.1) is 0 Å². The summed E-state index contributed by atoms with van der Waals surface area (Å²) in [5.74, 6) is 0.0567. The van der Waals surface area contributed by atoms with Crippen molar-refractivity contribution in [3.8, 4) is 0 Å². The van der Waals surface area contributed by atoms with Crippen LogP contribution in [0, 0.1) is 0 Å². The third-order valence-electron chi connectivity index (χ3n) is 2.79. The van der Waals surface area contributed by atoms with E-state index in [9.17, 15) is 0 Å². The molecule has 4 heteroatoms. The van der Waals surface area contributed by atoms with Gasteiger partial charge in [-0.05, 0) is 36.6 Å². The van der Waals surface area contributed by atoms with Gasteiger partial charge in [0.15, 0.2) is 0 Å². The summed E-state index contributed by atoms with van der Waals surface area (Å²) in [6.45, 7) is 2.12. The van der Waals surface area contributed by atoms with E-state index in [-0.39, 0.29) is 18.6 Å². The lowest BCUT2D eigenvalue weighted by atomic mass is 9.88. The molecule has 0 aliphatic heterocycles. The molecular formula is C12H17Cl2NO. The van der Waals surface area contributed by atoms with Gasteiger partial charge in [-0.25, -0.2) is 0 Å². The van der Waals surface area contributed by atoms with Crippen molar-refractivity contribution in [1.29, 1.82) is 0 Å². The minimum atomic E-state index is -0.0110. The van der Waals surface area contributed by atoms with Crippen LogP contribution in [0.15, 0.2) is 18.2 Å². The zero-order chi connectivity index (χ0) is 12.1. The fourth-order valence-corrected chi connectivity index (χ4v) is 2.26. The Morgan fingerprint density at radius 1 is 1.38 bits per heavy atom. The van der Waals surface area contributed by atoms with Crippen LogP contribution in [0.1, 0.15) is 31.2 Å². The molecule has 1 aromatic rings. The highest BCUT2D eigenvalue weighted by molar-refractivity contribution is 6.33. The first-order valence-corrected chi connectivity index (χ1v) is 6.17. The summed E-state index contributed by atoms with van der Waals surface area (Å²) >= 11 is 12.1. The maximum absolute atomic E-state index is 9.07. The van der Waals surface area contributed by atoms with Gasteiger partial charge in [0.25, 0.3) is 0 Å². The SMILES string of the molecule is CCC(N)C(CCO)c1cc(Cl)ccc1Cl. The smallest absolute Gasteiger partial charge is 0.0442 e. The van der Waals surface area contributed by atoms with Crippen LogP contribution in [0.25, 0.3) is 0 Å².